The van der Waals surface area contributed by atoms with Gasteiger partial charge in [-0.05, 0) is 36.0 Å². The Morgan fingerprint density at radius 3 is 2.94 bits per heavy atom. The number of amides is 1. The molecule has 0 bridgehead atoms. The maximum atomic E-state index is 11.9. The summed E-state index contributed by atoms with van der Waals surface area (Å²) in [4.78, 5) is 11.9. The molecule has 98 valence electrons. The number of benzene rings is 1. The molecule has 2 rings (SSSR count). The number of aliphatic hydroxyl groups excluding tert-OH is 1. The molecular weight excluding hydrogens is 226 g/mol. The lowest BCUT2D eigenvalue weighted by molar-refractivity contribution is 0.0954. The van der Waals surface area contributed by atoms with Crippen LogP contribution in [-0.4, -0.2) is 17.6 Å². The third-order valence-electron chi connectivity index (χ3n) is 3.81. The molecule has 3 nitrogen and oxygen atoms in total. The molecule has 1 aromatic carbocycles. The van der Waals surface area contributed by atoms with Crippen LogP contribution in [0.1, 0.15) is 54.3 Å². The molecule has 0 spiro atoms. The van der Waals surface area contributed by atoms with Crippen LogP contribution < -0.4 is 5.32 Å². The molecule has 2 unspecified atom stereocenters. The van der Waals surface area contributed by atoms with Crippen molar-refractivity contribution in [1.82, 2.24) is 5.32 Å². The smallest absolute Gasteiger partial charge is 0.251 e. The summed E-state index contributed by atoms with van der Waals surface area (Å²) in [7, 11) is 0. The third-order valence-corrected chi connectivity index (χ3v) is 3.81. The van der Waals surface area contributed by atoms with E-state index in [1.165, 1.54) is 0 Å². The number of aryl methyl sites for hydroxylation is 1. The highest BCUT2D eigenvalue weighted by molar-refractivity contribution is 5.96. The second-order valence-corrected chi connectivity index (χ2v) is 5.11. The van der Waals surface area contributed by atoms with Crippen molar-refractivity contribution in [3.63, 3.8) is 0 Å². The predicted molar refractivity (Wildman–Crippen MR) is 71.5 cm³/mol. The van der Waals surface area contributed by atoms with Crippen LogP contribution in [0.5, 0.6) is 0 Å². The third kappa shape index (κ3) is 2.56. The Kier molecular flexibility index (Phi) is 4.02. The number of fused-ring (bicyclic) bond motifs is 1. The van der Waals surface area contributed by atoms with E-state index in [0.29, 0.717) is 0 Å². The van der Waals surface area contributed by atoms with Gasteiger partial charge in [-0.25, -0.2) is 0 Å². The zero-order chi connectivity index (χ0) is 13.1. The summed E-state index contributed by atoms with van der Waals surface area (Å²) in [5, 5.41) is 13.1. The fraction of sp³-hybridized carbons (Fsp3) is 0.533. The summed E-state index contributed by atoms with van der Waals surface area (Å²) >= 11 is 0. The van der Waals surface area contributed by atoms with Crippen molar-refractivity contribution in [2.24, 2.45) is 5.92 Å². The van der Waals surface area contributed by atoms with Gasteiger partial charge in [-0.1, -0.05) is 32.4 Å². The summed E-state index contributed by atoms with van der Waals surface area (Å²) in [6, 6.07) is 5.79. The van der Waals surface area contributed by atoms with E-state index in [2.05, 4.69) is 12.2 Å². The van der Waals surface area contributed by atoms with Crippen LogP contribution in [0, 0.1) is 5.92 Å². The van der Waals surface area contributed by atoms with Gasteiger partial charge in [0.15, 0.2) is 0 Å². The van der Waals surface area contributed by atoms with Gasteiger partial charge < -0.3 is 10.4 Å². The van der Waals surface area contributed by atoms with Crippen molar-refractivity contribution in [3.05, 3.63) is 34.9 Å². The minimum atomic E-state index is -0.489. The molecule has 2 N–H and O–H groups in total. The lowest BCUT2D eigenvalue weighted by Gasteiger charge is -2.18. The molecule has 0 saturated carbocycles. The first kappa shape index (κ1) is 13.1. The average molecular weight is 247 g/mol. The van der Waals surface area contributed by atoms with E-state index in [1.807, 2.05) is 25.1 Å². The Balaban J connectivity index is 2.33. The van der Waals surface area contributed by atoms with Crippen molar-refractivity contribution < 1.29 is 9.90 Å². The highest BCUT2D eigenvalue weighted by Gasteiger charge is 2.19. The van der Waals surface area contributed by atoms with E-state index >= 15 is 0 Å². The van der Waals surface area contributed by atoms with Crippen molar-refractivity contribution in [3.8, 4) is 0 Å². The number of hydrogen-bond donors (Lipinski definition) is 2. The molecule has 0 saturated heterocycles. The Labute approximate surface area is 108 Å². The van der Waals surface area contributed by atoms with Crippen molar-refractivity contribution in [2.45, 2.75) is 39.2 Å². The van der Waals surface area contributed by atoms with Crippen LogP contribution in [0.3, 0.4) is 0 Å². The number of rotatable bonds is 3. The number of nitrogens with one attached hydrogen (secondary N) is 1. The van der Waals surface area contributed by atoms with Crippen LogP contribution >= 0.6 is 0 Å². The molecule has 1 amide bonds. The normalized spacial score (nSPS) is 18.5. The quantitative estimate of drug-likeness (QED) is 0.862. The van der Waals surface area contributed by atoms with E-state index < -0.39 is 6.10 Å². The lowest BCUT2D eigenvalue weighted by atomic mass is 9.92. The first-order chi connectivity index (χ1) is 8.63. The summed E-state index contributed by atoms with van der Waals surface area (Å²) in [5.41, 5.74) is 2.66. The van der Waals surface area contributed by atoms with Gasteiger partial charge in [-0.15, -0.1) is 0 Å². The molecule has 0 aromatic heterocycles. The minimum absolute atomic E-state index is 0.0132. The number of aliphatic hydroxyl groups is 1. The van der Waals surface area contributed by atoms with Crippen molar-refractivity contribution in [1.29, 1.82) is 0 Å². The van der Waals surface area contributed by atoms with E-state index in [1.54, 1.807) is 0 Å². The maximum absolute atomic E-state index is 11.9. The van der Waals surface area contributed by atoms with Gasteiger partial charge in [0.1, 0.15) is 0 Å². The molecule has 0 radical (unpaired) electrons. The standard InChI is InChI=1S/C15H21NO2/c1-3-10(2)14(17)12-7-6-11-5-4-8-16-15(18)13(11)9-12/h6-7,9-10,14,17H,3-5,8H2,1-2H3,(H,16,18). The summed E-state index contributed by atoms with van der Waals surface area (Å²) in [6.07, 6.45) is 2.33. The molecule has 1 heterocycles. The first-order valence-electron chi connectivity index (χ1n) is 6.72. The fourth-order valence-corrected chi connectivity index (χ4v) is 2.34. The van der Waals surface area contributed by atoms with Crippen LogP contribution in [-0.2, 0) is 6.42 Å². The van der Waals surface area contributed by atoms with Gasteiger partial charge in [0.2, 0.25) is 0 Å². The van der Waals surface area contributed by atoms with Crippen LogP contribution in [0.2, 0.25) is 0 Å². The topological polar surface area (TPSA) is 49.3 Å². The molecule has 1 aromatic rings. The van der Waals surface area contributed by atoms with E-state index in [-0.39, 0.29) is 11.8 Å². The Bertz CT molecular complexity index is 442. The SMILES string of the molecule is CCC(C)C(O)c1ccc2c(c1)C(=O)NCCC2. The van der Waals surface area contributed by atoms with Gasteiger partial charge in [0, 0.05) is 12.1 Å². The van der Waals surface area contributed by atoms with E-state index in [9.17, 15) is 9.90 Å². The maximum Gasteiger partial charge on any atom is 0.251 e. The Morgan fingerprint density at radius 1 is 1.44 bits per heavy atom. The second-order valence-electron chi connectivity index (χ2n) is 5.11. The molecule has 3 heteroatoms. The summed E-state index contributed by atoms with van der Waals surface area (Å²) in [5.74, 6) is 0.192. The Morgan fingerprint density at radius 2 is 2.22 bits per heavy atom. The van der Waals surface area contributed by atoms with E-state index in [0.717, 1.165) is 42.5 Å². The molecule has 18 heavy (non-hydrogen) atoms. The predicted octanol–water partition coefficient (Wildman–Crippen LogP) is 2.44. The van der Waals surface area contributed by atoms with Gasteiger partial charge in [-0.2, -0.15) is 0 Å². The van der Waals surface area contributed by atoms with Gasteiger partial charge in [0.25, 0.3) is 5.91 Å². The molecule has 0 aliphatic carbocycles. The van der Waals surface area contributed by atoms with Gasteiger partial charge >= 0.3 is 0 Å². The zero-order valence-electron chi connectivity index (χ0n) is 11.1. The number of hydrogen-bond acceptors (Lipinski definition) is 2. The largest absolute Gasteiger partial charge is 0.388 e. The molecule has 1 aliphatic heterocycles. The van der Waals surface area contributed by atoms with Crippen molar-refractivity contribution in [2.75, 3.05) is 6.54 Å². The zero-order valence-corrected chi connectivity index (χ0v) is 11.1. The van der Waals surface area contributed by atoms with E-state index in [4.69, 9.17) is 0 Å². The lowest BCUT2D eigenvalue weighted by Crippen LogP contribution is -2.23. The van der Waals surface area contributed by atoms with Crippen LogP contribution in [0.25, 0.3) is 0 Å². The summed E-state index contributed by atoms with van der Waals surface area (Å²) < 4.78 is 0. The number of carbonyl (C=O) groups is 1. The number of carbonyl (C=O) groups excluding carboxylic acids is 1. The molecule has 0 fully saturated rings. The first-order valence-corrected chi connectivity index (χ1v) is 6.72. The van der Waals surface area contributed by atoms with Crippen molar-refractivity contribution >= 4 is 5.91 Å². The average Bonchev–Trinajstić information content (AvgIpc) is 2.59. The monoisotopic (exact) mass is 247 g/mol. The highest BCUT2D eigenvalue weighted by atomic mass is 16.3. The molecular formula is C15H21NO2. The fourth-order valence-electron chi connectivity index (χ4n) is 2.34. The van der Waals surface area contributed by atoms with Crippen LogP contribution in [0.4, 0.5) is 0 Å². The van der Waals surface area contributed by atoms with Gasteiger partial charge in [-0.3, -0.25) is 4.79 Å². The summed E-state index contributed by atoms with van der Waals surface area (Å²) in [6.45, 7) is 4.82. The molecule has 2 atom stereocenters. The second kappa shape index (κ2) is 5.53. The van der Waals surface area contributed by atoms with Gasteiger partial charge in [0.05, 0.1) is 6.10 Å². The Hall–Kier alpha value is -1.35. The van der Waals surface area contributed by atoms with Crippen LogP contribution in [0.15, 0.2) is 18.2 Å². The highest BCUT2D eigenvalue weighted by Crippen LogP contribution is 2.27. The minimum Gasteiger partial charge on any atom is -0.388 e. The molecule has 1 aliphatic rings.